The predicted octanol–water partition coefficient (Wildman–Crippen LogP) is 3.39. The Morgan fingerprint density at radius 3 is 1.77 bits per heavy atom. The molecule has 0 N–H and O–H groups in total. The summed E-state index contributed by atoms with van der Waals surface area (Å²) < 4.78 is 0. The van der Waals surface area contributed by atoms with Gasteiger partial charge in [0.2, 0.25) is 0 Å². The van der Waals surface area contributed by atoms with E-state index in [0.717, 1.165) is 10.5 Å². The van der Waals surface area contributed by atoms with E-state index in [-0.39, 0.29) is 0 Å². The van der Waals surface area contributed by atoms with E-state index in [2.05, 4.69) is 55.2 Å². The molecule has 0 bridgehead atoms. The van der Waals surface area contributed by atoms with Gasteiger partial charge in [-0.25, -0.2) is 0 Å². The molecule has 0 aromatic heterocycles. The molecule has 2 atom stereocenters. The van der Waals surface area contributed by atoms with Gasteiger partial charge in [0.1, 0.15) is 0 Å². The molecule has 0 amide bonds. The van der Waals surface area contributed by atoms with E-state index < -0.39 is 11.0 Å². The van der Waals surface area contributed by atoms with E-state index in [1.165, 1.54) is 23.0 Å². The maximum absolute atomic E-state index is 2.56. The molecule has 0 aromatic carbocycles. The van der Waals surface area contributed by atoms with Crippen molar-refractivity contribution >= 4 is 54.7 Å². The van der Waals surface area contributed by atoms with E-state index in [1.807, 2.05) is 0 Å². The van der Waals surface area contributed by atoms with Gasteiger partial charge in [0.15, 0.2) is 0 Å². The van der Waals surface area contributed by atoms with E-state index in [0.29, 0.717) is 0 Å². The Morgan fingerprint density at radius 1 is 1.08 bits per heavy atom. The molecule has 13 heavy (non-hydrogen) atoms. The molecular weight excluding hydrogens is 297 g/mol. The van der Waals surface area contributed by atoms with Crippen LogP contribution < -0.4 is 0 Å². The molecule has 0 spiro atoms. The fourth-order valence-corrected chi connectivity index (χ4v) is 17.5. The van der Waals surface area contributed by atoms with E-state index in [1.54, 1.807) is 0 Å². The van der Waals surface area contributed by atoms with Crippen molar-refractivity contribution in [3.63, 3.8) is 0 Å². The summed E-state index contributed by atoms with van der Waals surface area (Å²) >= 11 is 4.28. The second-order valence-electron chi connectivity index (χ2n) is 3.93. The minimum absolute atomic E-state index is 1.03. The molecule has 2 aliphatic heterocycles. The molecule has 2 heterocycles. The summed E-state index contributed by atoms with van der Waals surface area (Å²) in [4.78, 5) is 0. The first-order valence-electron chi connectivity index (χ1n) is 4.67. The van der Waals surface area contributed by atoms with Gasteiger partial charge in [0.05, 0.1) is 0 Å². The second-order valence-corrected chi connectivity index (χ2v) is 29.3. The standard InChI is InChI=1S/C8H16GeS4/c1-9(2,12-5-7-3-10-7)13-6-8-4-11-8/h7-8H,3-6H2,1-2H3. The molecule has 2 unspecified atom stereocenters. The molecule has 2 saturated heterocycles. The van der Waals surface area contributed by atoms with Crippen LogP contribution in [-0.4, -0.2) is 44.5 Å². The van der Waals surface area contributed by atoms with Crippen LogP contribution in [0.25, 0.3) is 0 Å². The van der Waals surface area contributed by atoms with Gasteiger partial charge in [0.25, 0.3) is 0 Å². The molecular formula is C8H16GeS4. The summed E-state index contributed by atoms with van der Waals surface area (Å²) in [7, 11) is 3.25. The van der Waals surface area contributed by atoms with E-state index in [9.17, 15) is 0 Å². The fraction of sp³-hybridized carbons (Fsp3) is 1.00. The van der Waals surface area contributed by atoms with E-state index in [4.69, 9.17) is 0 Å². The molecule has 0 aliphatic carbocycles. The van der Waals surface area contributed by atoms with Crippen molar-refractivity contribution in [3.8, 4) is 0 Å². The van der Waals surface area contributed by atoms with Crippen molar-refractivity contribution in [2.75, 3.05) is 23.0 Å². The first kappa shape index (κ1) is 11.4. The van der Waals surface area contributed by atoms with Crippen LogP contribution in [0, 0.1) is 0 Å². The van der Waals surface area contributed by atoms with Gasteiger partial charge in [-0.2, -0.15) is 0 Å². The van der Waals surface area contributed by atoms with Crippen LogP contribution in [-0.2, 0) is 0 Å². The fourth-order valence-electron chi connectivity index (χ4n) is 0.957. The van der Waals surface area contributed by atoms with Crippen molar-refractivity contribution in [1.82, 2.24) is 0 Å². The van der Waals surface area contributed by atoms with Crippen LogP contribution in [0.2, 0.25) is 11.5 Å². The van der Waals surface area contributed by atoms with Crippen LogP contribution in [0.4, 0.5) is 0 Å². The summed E-state index contributed by atoms with van der Waals surface area (Å²) in [5.41, 5.74) is 0. The molecule has 2 aliphatic rings. The normalized spacial score (nSPS) is 31.8. The Hall–Kier alpha value is 1.94. The van der Waals surface area contributed by atoms with Crippen molar-refractivity contribution in [2.24, 2.45) is 0 Å². The third-order valence-corrected chi connectivity index (χ3v) is 21.5. The topological polar surface area (TPSA) is 0 Å². The van der Waals surface area contributed by atoms with Gasteiger partial charge in [-0.1, -0.05) is 0 Å². The van der Waals surface area contributed by atoms with Crippen LogP contribution in [0.5, 0.6) is 0 Å². The van der Waals surface area contributed by atoms with Gasteiger partial charge in [-0.3, -0.25) is 0 Å². The summed E-state index contributed by atoms with van der Waals surface area (Å²) in [6.45, 7) is 0. The summed E-state index contributed by atoms with van der Waals surface area (Å²) in [5.74, 6) is 10.9. The molecule has 0 saturated carbocycles. The van der Waals surface area contributed by atoms with Gasteiger partial charge in [-0.05, 0) is 0 Å². The minimum atomic E-state index is -1.43. The Morgan fingerprint density at radius 2 is 1.46 bits per heavy atom. The maximum atomic E-state index is 2.56. The Bertz CT molecular complexity index is 159. The monoisotopic (exact) mass is 314 g/mol. The third kappa shape index (κ3) is 5.00. The summed E-state index contributed by atoms with van der Waals surface area (Å²) in [6.07, 6.45) is 0. The molecule has 0 nitrogen and oxygen atoms in total. The van der Waals surface area contributed by atoms with Gasteiger partial charge in [-0.15, -0.1) is 0 Å². The quantitative estimate of drug-likeness (QED) is 0.544. The van der Waals surface area contributed by atoms with Gasteiger partial charge >= 0.3 is 99.7 Å². The molecule has 2 rings (SSSR count). The zero-order chi connectivity index (χ0) is 9.31. The zero-order valence-electron chi connectivity index (χ0n) is 8.12. The molecule has 0 aromatic rings. The van der Waals surface area contributed by atoms with Crippen LogP contribution in [0.15, 0.2) is 0 Å². The molecule has 0 radical (unpaired) electrons. The average molecular weight is 313 g/mol. The van der Waals surface area contributed by atoms with Gasteiger partial charge in [0, 0.05) is 0 Å². The van der Waals surface area contributed by atoms with Crippen LogP contribution in [0.1, 0.15) is 0 Å². The summed E-state index contributed by atoms with van der Waals surface area (Å²) in [6, 6.07) is 0. The number of hydrogen-bond donors (Lipinski definition) is 0. The SMILES string of the molecule is [CH3][Ge]([CH3])([S]CC1CS1)[S]CC1CS1. The second kappa shape index (κ2) is 4.85. The van der Waals surface area contributed by atoms with Crippen molar-refractivity contribution in [3.05, 3.63) is 0 Å². The van der Waals surface area contributed by atoms with Crippen molar-refractivity contribution in [2.45, 2.75) is 22.0 Å². The number of hydrogen-bond acceptors (Lipinski definition) is 4. The Balaban J connectivity index is 1.60. The number of rotatable bonds is 6. The first-order chi connectivity index (χ1) is 6.16. The van der Waals surface area contributed by atoms with Crippen LogP contribution >= 0.6 is 43.7 Å². The molecule has 76 valence electrons. The van der Waals surface area contributed by atoms with Crippen LogP contribution in [0.3, 0.4) is 0 Å². The first-order valence-corrected chi connectivity index (χ1v) is 18.1. The Kier molecular flexibility index (Phi) is 4.26. The average Bonchev–Trinajstić information content (AvgIpc) is 2.92. The molecule has 2 fully saturated rings. The van der Waals surface area contributed by atoms with Crippen molar-refractivity contribution < 1.29 is 0 Å². The molecule has 5 heteroatoms. The van der Waals surface area contributed by atoms with E-state index >= 15 is 0 Å². The zero-order valence-corrected chi connectivity index (χ0v) is 13.5. The van der Waals surface area contributed by atoms with Gasteiger partial charge < -0.3 is 0 Å². The Labute approximate surface area is 98.9 Å². The summed E-state index contributed by atoms with van der Waals surface area (Å²) in [5, 5.41) is 2.07. The van der Waals surface area contributed by atoms with Crippen molar-refractivity contribution in [1.29, 1.82) is 0 Å². The number of thioether (sulfide) groups is 2. The third-order valence-electron chi connectivity index (χ3n) is 2.04. The predicted molar refractivity (Wildman–Crippen MR) is 74.9 cm³/mol.